The van der Waals surface area contributed by atoms with E-state index < -0.39 is 49.5 Å². The molecule has 1 rings (SSSR count). The number of carbonyl (C=O) groups is 1. The molecule has 0 bridgehead atoms. The summed E-state index contributed by atoms with van der Waals surface area (Å²) in [5.41, 5.74) is 0. The standard InChI is InChI=1S/C80H139NO8/c1-3-5-7-9-11-13-15-17-19-21-23-25-27-29-31-33-35-36-37-38-40-42-44-46-48-50-52-54-56-58-60-62-64-66-68-70-76(84)81-73(72-88-80-79(87)78(86)77(85)75(71-82)89-80)74(83)69-67-65-63-61-59-57-55-53-51-49-47-45-43-41-39-34-32-30-28-26-24-22-20-18-16-14-12-10-8-6-4-2/h5,7,11,13,17,19,23,25,29,31,35-36,38,40,44,46,50,52,67,69,73-75,77-80,82-83,85-87H,3-4,6,8-10,12,14-16,18,20-22,24,26-28,30,32-34,37,39,41-43,45,47-49,51,53-66,68,70-72H2,1-2H3,(H,81,84)/b7-5-,13-11-,19-17-,25-23-,31-29-,36-35-,40-38-,46-44-,52-50-,69-67+. The third-order valence-corrected chi connectivity index (χ3v) is 17.0. The summed E-state index contributed by atoms with van der Waals surface area (Å²) in [6.07, 6.45) is 94.5. The van der Waals surface area contributed by atoms with Crippen LogP contribution in [0.4, 0.5) is 0 Å². The molecule has 0 aliphatic carbocycles. The Balaban J connectivity index is 2.15. The highest BCUT2D eigenvalue weighted by Gasteiger charge is 2.44. The summed E-state index contributed by atoms with van der Waals surface area (Å²) in [5, 5.41) is 54.8. The van der Waals surface area contributed by atoms with Crippen LogP contribution in [-0.4, -0.2) is 87.5 Å². The van der Waals surface area contributed by atoms with Crippen LogP contribution in [0, 0.1) is 0 Å². The van der Waals surface area contributed by atoms with Crippen LogP contribution in [0.5, 0.6) is 0 Å². The van der Waals surface area contributed by atoms with Gasteiger partial charge in [0, 0.05) is 6.42 Å². The Labute approximate surface area is 548 Å². The predicted molar refractivity (Wildman–Crippen MR) is 382 cm³/mol. The van der Waals surface area contributed by atoms with E-state index in [4.69, 9.17) is 9.47 Å². The lowest BCUT2D eigenvalue weighted by Gasteiger charge is -2.40. The van der Waals surface area contributed by atoms with Crippen molar-refractivity contribution in [2.45, 2.75) is 365 Å². The largest absolute Gasteiger partial charge is 0.394 e. The summed E-state index contributed by atoms with van der Waals surface area (Å²) in [5.74, 6) is -0.189. The van der Waals surface area contributed by atoms with Gasteiger partial charge in [0.2, 0.25) is 5.91 Å². The topological polar surface area (TPSA) is 149 Å². The van der Waals surface area contributed by atoms with Gasteiger partial charge in [0.25, 0.3) is 0 Å². The molecule has 9 nitrogen and oxygen atoms in total. The summed E-state index contributed by atoms with van der Waals surface area (Å²) >= 11 is 0. The lowest BCUT2D eigenvalue weighted by Crippen LogP contribution is -2.60. The SMILES string of the molecule is CC/C=C\C/C=C\C/C=C\C/C=C\C/C=C\C/C=C\C/C=C\C/C=C\C/C=C\CCCCCCCCCC(=O)NC(COC1OC(CO)C(O)C(O)C1O)C(O)/C=C/CCCCCCCCCCCCCCCCCCCCCCCCCCCCCCC. The molecule has 0 saturated carbocycles. The maximum atomic E-state index is 13.1. The van der Waals surface area contributed by atoms with E-state index in [-0.39, 0.29) is 12.5 Å². The fourth-order valence-corrected chi connectivity index (χ4v) is 11.3. The van der Waals surface area contributed by atoms with Crippen molar-refractivity contribution in [3.05, 3.63) is 122 Å². The molecule has 7 unspecified atom stereocenters. The van der Waals surface area contributed by atoms with Gasteiger partial charge in [0.05, 0.1) is 25.4 Å². The van der Waals surface area contributed by atoms with Crippen LogP contribution in [0.1, 0.15) is 322 Å². The van der Waals surface area contributed by atoms with E-state index in [0.717, 1.165) is 109 Å². The molecule has 0 radical (unpaired) electrons. The highest BCUT2D eigenvalue weighted by Crippen LogP contribution is 2.23. The van der Waals surface area contributed by atoms with Crippen LogP contribution in [-0.2, 0) is 14.3 Å². The van der Waals surface area contributed by atoms with Crippen LogP contribution in [0.15, 0.2) is 122 Å². The highest BCUT2D eigenvalue weighted by atomic mass is 16.7. The first-order valence-electron chi connectivity index (χ1n) is 37.3. The minimum absolute atomic E-state index is 0.189. The first-order chi connectivity index (χ1) is 43.8. The number of nitrogens with one attached hydrogen (secondary N) is 1. The third kappa shape index (κ3) is 55.9. The molecule has 9 heteroatoms. The fraction of sp³-hybridized carbons (Fsp3) is 0.738. The summed E-state index contributed by atoms with van der Waals surface area (Å²) in [4.78, 5) is 13.1. The summed E-state index contributed by atoms with van der Waals surface area (Å²) in [7, 11) is 0. The molecule has 1 amide bonds. The lowest BCUT2D eigenvalue weighted by atomic mass is 9.99. The Kier molecular flexibility index (Phi) is 63.4. The lowest BCUT2D eigenvalue weighted by molar-refractivity contribution is -0.302. The quantitative estimate of drug-likeness (QED) is 0.0261. The molecule has 1 fully saturated rings. The molecule has 1 saturated heterocycles. The fourth-order valence-electron chi connectivity index (χ4n) is 11.3. The first-order valence-corrected chi connectivity index (χ1v) is 37.3. The number of aliphatic hydroxyl groups excluding tert-OH is 5. The van der Waals surface area contributed by atoms with Gasteiger partial charge in [-0.3, -0.25) is 4.79 Å². The number of hydrogen-bond acceptors (Lipinski definition) is 8. The van der Waals surface area contributed by atoms with E-state index >= 15 is 0 Å². The van der Waals surface area contributed by atoms with Crippen molar-refractivity contribution in [2.75, 3.05) is 13.2 Å². The molecule has 6 N–H and O–H groups in total. The monoisotopic (exact) mass is 1240 g/mol. The number of amides is 1. The maximum Gasteiger partial charge on any atom is 0.220 e. The van der Waals surface area contributed by atoms with Crippen molar-refractivity contribution in [1.29, 1.82) is 0 Å². The Morgan fingerprint density at radius 2 is 0.697 bits per heavy atom. The van der Waals surface area contributed by atoms with E-state index in [1.807, 2.05) is 6.08 Å². The predicted octanol–water partition coefficient (Wildman–Crippen LogP) is 21.0. The second-order valence-corrected chi connectivity index (χ2v) is 25.4. The molecule has 0 aromatic rings. The summed E-state index contributed by atoms with van der Waals surface area (Å²) in [6, 6.07) is -0.822. The second-order valence-electron chi connectivity index (χ2n) is 25.4. The molecule has 1 heterocycles. The second kappa shape index (κ2) is 67.5. The Morgan fingerprint density at radius 1 is 0.393 bits per heavy atom. The zero-order chi connectivity index (χ0) is 64.2. The van der Waals surface area contributed by atoms with Gasteiger partial charge in [-0.15, -0.1) is 0 Å². The zero-order valence-electron chi connectivity index (χ0n) is 57.4. The Bertz CT molecular complexity index is 1830. The number of rotatable bonds is 64. The van der Waals surface area contributed by atoms with Crippen molar-refractivity contribution in [1.82, 2.24) is 5.32 Å². The van der Waals surface area contributed by atoms with Gasteiger partial charge in [-0.2, -0.15) is 0 Å². The molecule has 89 heavy (non-hydrogen) atoms. The van der Waals surface area contributed by atoms with Crippen molar-refractivity contribution in [3.8, 4) is 0 Å². The van der Waals surface area contributed by atoms with Gasteiger partial charge >= 0.3 is 0 Å². The average Bonchev–Trinajstić information content (AvgIpc) is 2.28. The maximum absolute atomic E-state index is 13.1. The van der Waals surface area contributed by atoms with E-state index in [9.17, 15) is 30.3 Å². The zero-order valence-corrected chi connectivity index (χ0v) is 57.4. The molecule has 0 spiro atoms. The van der Waals surface area contributed by atoms with E-state index in [2.05, 4.69) is 129 Å². The van der Waals surface area contributed by atoms with Crippen molar-refractivity contribution >= 4 is 5.91 Å². The van der Waals surface area contributed by atoms with E-state index in [1.165, 1.54) is 193 Å². The van der Waals surface area contributed by atoms with Crippen LogP contribution < -0.4 is 5.32 Å². The Hall–Kier alpha value is -3.41. The van der Waals surface area contributed by atoms with Crippen molar-refractivity contribution in [3.63, 3.8) is 0 Å². The first kappa shape index (κ1) is 83.6. The molecule has 7 atom stereocenters. The smallest absolute Gasteiger partial charge is 0.220 e. The minimum Gasteiger partial charge on any atom is -0.394 e. The number of hydrogen-bond donors (Lipinski definition) is 6. The van der Waals surface area contributed by atoms with E-state index in [1.54, 1.807) is 6.08 Å². The number of ether oxygens (including phenoxy) is 2. The molecule has 1 aliphatic heterocycles. The van der Waals surface area contributed by atoms with Gasteiger partial charge in [-0.1, -0.05) is 347 Å². The summed E-state index contributed by atoms with van der Waals surface area (Å²) < 4.78 is 11.3. The van der Waals surface area contributed by atoms with Gasteiger partial charge in [0.1, 0.15) is 24.4 Å². The van der Waals surface area contributed by atoms with Crippen LogP contribution in [0.25, 0.3) is 0 Å². The van der Waals surface area contributed by atoms with Gasteiger partial charge in [-0.25, -0.2) is 0 Å². The number of carbonyl (C=O) groups excluding carboxylic acids is 1. The van der Waals surface area contributed by atoms with Gasteiger partial charge in [0.15, 0.2) is 6.29 Å². The highest BCUT2D eigenvalue weighted by molar-refractivity contribution is 5.76. The normalized spacial score (nSPS) is 18.6. The van der Waals surface area contributed by atoms with Crippen LogP contribution in [0.3, 0.4) is 0 Å². The third-order valence-electron chi connectivity index (χ3n) is 17.0. The number of allylic oxidation sites excluding steroid dienone is 19. The van der Waals surface area contributed by atoms with E-state index in [0.29, 0.717) is 6.42 Å². The Morgan fingerprint density at radius 3 is 1.03 bits per heavy atom. The average molecular weight is 1240 g/mol. The summed E-state index contributed by atoms with van der Waals surface area (Å²) in [6.45, 7) is 3.69. The molecular weight excluding hydrogens is 1100 g/mol. The molecule has 0 aromatic heterocycles. The van der Waals surface area contributed by atoms with Crippen molar-refractivity contribution < 1.29 is 39.8 Å². The number of unbranched alkanes of at least 4 members (excludes halogenated alkanes) is 36. The van der Waals surface area contributed by atoms with Crippen LogP contribution in [0.2, 0.25) is 0 Å². The number of aliphatic hydroxyl groups is 5. The van der Waals surface area contributed by atoms with Crippen LogP contribution >= 0.6 is 0 Å². The minimum atomic E-state index is -1.58. The molecule has 1 aliphatic rings. The molecular formula is C80H139NO8. The van der Waals surface area contributed by atoms with Gasteiger partial charge in [-0.05, 0) is 89.9 Å². The van der Waals surface area contributed by atoms with Crippen molar-refractivity contribution in [2.24, 2.45) is 0 Å². The molecule has 512 valence electrons. The molecule has 0 aromatic carbocycles. The van der Waals surface area contributed by atoms with Gasteiger partial charge < -0.3 is 40.3 Å².